The molecule has 0 saturated carbocycles. The number of carbonyl (C=O) groups excluding carboxylic acids is 2. The minimum atomic E-state index is -0.490. The van der Waals surface area contributed by atoms with Crippen molar-refractivity contribution in [2.75, 3.05) is 20.3 Å². The third-order valence-electron chi connectivity index (χ3n) is 5.40. The topological polar surface area (TPSA) is 67.9 Å². The van der Waals surface area contributed by atoms with Crippen LogP contribution in [0, 0.1) is 6.92 Å². The van der Waals surface area contributed by atoms with Crippen molar-refractivity contribution in [3.8, 4) is 11.5 Å². The first-order valence-electron chi connectivity index (χ1n) is 11.4. The molecule has 0 radical (unpaired) electrons. The van der Waals surface area contributed by atoms with Crippen molar-refractivity contribution in [2.45, 2.75) is 59.0 Å². The minimum absolute atomic E-state index is 0.0370. The molecular weight excluding hydrogens is 404 g/mol. The minimum Gasteiger partial charge on any atom is -0.497 e. The Morgan fingerprint density at radius 3 is 2.34 bits per heavy atom. The summed E-state index contributed by atoms with van der Waals surface area (Å²) < 4.78 is 10.9. The van der Waals surface area contributed by atoms with Gasteiger partial charge in [0.15, 0.2) is 0 Å². The van der Waals surface area contributed by atoms with Crippen molar-refractivity contribution in [3.63, 3.8) is 0 Å². The van der Waals surface area contributed by atoms with E-state index in [2.05, 4.69) is 5.32 Å². The smallest absolute Gasteiger partial charge is 0.242 e. The Labute approximate surface area is 191 Å². The van der Waals surface area contributed by atoms with Gasteiger partial charge in [-0.05, 0) is 61.6 Å². The van der Waals surface area contributed by atoms with E-state index in [4.69, 9.17) is 9.47 Å². The van der Waals surface area contributed by atoms with Crippen molar-refractivity contribution in [3.05, 3.63) is 59.7 Å². The van der Waals surface area contributed by atoms with E-state index in [1.165, 1.54) is 0 Å². The van der Waals surface area contributed by atoms with Crippen LogP contribution in [-0.4, -0.2) is 43.0 Å². The molecule has 1 N–H and O–H groups in total. The van der Waals surface area contributed by atoms with E-state index in [-0.39, 0.29) is 11.8 Å². The van der Waals surface area contributed by atoms with Crippen LogP contribution in [0.2, 0.25) is 0 Å². The standard InChI is InChI=1S/C26H36N2O4/c1-5-17-27-26(30)24(6-2)28(19-21-11-8-7-10-20(21)3)25(29)12-9-18-32-23-15-13-22(31-4)14-16-23/h7-8,10-11,13-16,24H,5-6,9,12,17-19H2,1-4H3,(H,27,30). The zero-order chi connectivity index (χ0) is 23.3. The van der Waals surface area contributed by atoms with Crippen molar-refractivity contribution in [1.29, 1.82) is 0 Å². The molecule has 0 bridgehead atoms. The summed E-state index contributed by atoms with van der Waals surface area (Å²) in [6.07, 6.45) is 2.31. The average Bonchev–Trinajstić information content (AvgIpc) is 2.81. The van der Waals surface area contributed by atoms with Gasteiger partial charge in [-0.1, -0.05) is 38.1 Å². The van der Waals surface area contributed by atoms with Gasteiger partial charge in [-0.15, -0.1) is 0 Å². The Kier molecular flexibility index (Phi) is 10.6. The van der Waals surface area contributed by atoms with Gasteiger partial charge in [0.25, 0.3) is 0 Å². The Morgan fingerprint density at radius 1 is 1.03 bits per heavy atom. The lowest BCUT2D eigenvalue weighted by atomic mass is 10.1. The van der Waals surface area contributed by atoms with E-state index in [9.17, 15) is 9.59 Å². The lowest BCUT2D eigenvalue weighted by molar-refractivity contribution is -0.141. The van der Waals surface area contributed by atoms with Gasteiger partial charge in [0.2, 0.25) is 11.8 Å². The van der Waals surface area contributed by atoms with Gasteiger partial charge < -0.3 is 19.7 Å². The van der Waals surface area contributed by atoms with E-state index >= 15 is 0 Å². The van der Waals surface area contributed by atoms with Crippen LogP contribution < -0.4 is 14.8 Å². The lowest BCUT2D eigenvalue weighted by Crippen LogP contribution is -2.49. The molecule has 0 aliphatic carbocycles. The zero-order valence-electron chi connectivity index (χ0n) is 19.7. The zero-order valence-corrected chi connectivity index (χ0v) is 19.7. The molecule has 174 valence electrons. The van der Waals surface area contributed by atoms with Gasteiger partial charge in [0.05, 0.1) is 13.7 Å². The van der Waals surface area contributed by atoms with Gasteiger partial charge in [-0.3, -0.25) is 9.59 Å². The Bertz CT molecular complexity index is 851. The van der Waals surface area contributed by atoms with E-state index in [1.807, 2.05) is 69.3 Å². The summed E-state index contributed by atoms with van der Waals surface area (Å²) in [6, 6.07) is 14.9. The molecule has 2 amide bonds. The molecule has 2 aromatic carbocycles. The van der Waals surface area contributed by atoms with Crippen LogP contribution in [-0.2, 0) is 16.1 Å². The van der Waals surface area contributed by atoms with Crippen LogP contribution in [0.5, 0.6) is 11.5 Å². The number of aryl methyl sites for hydroxylation is 1. The number of nitrogens with zero attached hydrogens (tertiary/aromatic N) is 1. The summed E-state index contributed by atoms with van der Waals surface area (Å²) in [6.45, 7) is 7.44. The van der Waals surface area contributed by atoms with Gasteiger partial charge in [0.1, 0.15) is 17.5 Å². The largest absolute Gasteiger partial charge is 0.497 e. The molecule has 0 heterocycles. The molecule has 0 fully saturated rings. The molecule has 2 rings (SSSR count). The maximum Gasteiger partial charge on any atom is 0.242 e. The molecule has 6 nitrogen and oxygen atoms in total. The Balaban J connectivity index is 2.03. The van der Waals surface area contributed by atoms with E-state index in [1.54, 1.807) is 12.0 Å². The molecule has 32 heavy (non-hydrogen) atoms. The third kappa shape index (κ3) is 7.59. The number of methoxy groups -OCH3 is 1. The second kappa shape index (κ2) is 13.4. The molecule has 2 aromatic rings. The molecule has 0 aliphatic rings. The summed E-state index contributed by atoms with van der Waals surface area (Å²) in [5.41, 5.74) is 2.16. The van der Waals surface area contributed by atoms with Crippen molar-refractivity contribution in [2.24, 2.45) is 0 Å². The first kappa shape index (κ1) is 25.2. The summed E-state index contributed by atoms with van der Waals surface area (Å²) in [5.74, 6) is 1.38. The summed E-state index contributed by atoms with van der Waals surface area (Å²) in [5, 5.41) is 2.95. The van der Waals surface area contributed by atoms with Gasteiger partial charge in [-0.25, -0.2) is 0 Å². The number of carbonyl (C=O) groups is 2. The van der Waals surface area contributed by atoms with Gasteiger partial charge in [0, 0.05) is 19.5 Å². The fraction of sp³-hybridized carbons (Fsp3) is 0.462. The highest BCUT2D eigenvalue weighted by molar-refractivity contribution is 5.87. The third-order valence-corrected chi connectivity index (χ3v) is 5.40. The fourth-order valence-electron chi connectivity index (χ4n) is 3.49. The number of ether oxygens (including phenoxy) is 2. The fourth-order valence-corrected chi connectivity index (χ4v) is 3.49. The number of nitrogens with one attached hydrogen (secondary N) is 1. The normalized spacial score (nSPS) is 11.5. The van der Waals surface area contributed by atoms with Crippen LogP contribution in [0.15, 0.2) is 48.5 Å². The molecule has 6 heteroatoms. The highest BCUT2D eigenvalue weighted by atomic mass is 16.5. The second-order valence-corrected chi connectivity index (χ2v) is 7.79. The molecule has 0 aliphatic heterocycles. The van der Waals surface area contributed by atoms with E-state index < -0.39 is 6.04 Å². The molecular formula is C26H36N2O4. The summed E-state index contributed by atoms with van der Waals surface area (Å²) in [7, 11) is 1.62. The number of hydrogen-bond donors (Lipinski definition) is 1. The highest BCUT2D eigenvalue weighted by Crippen LogP contribution is 2.19. The van der Waals surface area contributed by atoms with Crippen LogP contribution in [0.25, 0.3) is 0 Å². The average molecular weight is 441 g/mol. The molecule has 0 aromatic heterocycles. The van der Waals surface area contributed by atoms with E-state index in [0.29, 0.717) is 39.0 Å². The SMILES string of the molecule is CCCNC(=O)C(CC)N(Cc1ccccc1C)C(=O)CCCOc1ccc(OC)cc1. The van der Waals surface area contributed by atoms with Crippen molar-refractivity contribution < 1.29 is 19.1 Å². The van der Waals surface area contributed by atoms with E-state index in [0.717, 1.165) is 29.0 Å². The lowest BCUT2D eigenvalue weighted by Gasteiger charge is -2.31. The van der Waals surface area contributed by atoms with Crippen LogP contribution in [0.4, 0.5) is 0 Å². The highest BCUT2D eigenvalue weighted by Gasteiger charge is 2.28. The summed E-state index contributed by atoms with van der Waals surface area (Å²) in [4.78, 5) is 27.7. The first-order valence-corrected chi connectivity index (χ1v) is 11.4. The Hall–Kier alpha value is -3.02. The maximum atomic E-state index is 13.2. The molecule has 0 spiro atoms. The van der Waals surface area contributed by atoms with Crippen LogP contribution in [0.1, 0.15) is 50.7 Å². The predicted molar refractivity (Wildman–Crippen MR) is 127 cm³/mol. The predicted octanol–water partition coefficient (Wildman–Crippen LogP) is 4.50. The Morgan fingerprint density at radius 2 is 1.72 bits per heavy atom. The van der Waals surface area contributed by atoms with Crippen molar-refractivity contribution in [1.82, 2.24) is 10.2 Å². The quantitative estimate of drug-likeness (QED) is 0.466. The van der Waals surface area contributed by atoms with Crippen LogP contribution in [0.3, 0.4) is 0 Å². The number of rotatable bonds is 13. The second-order valence-electron chi connectivity index (χ2n) is 7.79. The number of benzene rings is 2. The van der Waals surface area contributed by atoms with Crippen molar-refractivity contribution >= 4 is 11.8 Å². The molecule has 1 atom stereocenters. The molecule has 1 unspecified atom stereocenters. The van der Waals surface area contributed by atoms with Gasteiger partial charge in [-0.2, -0.15) is 0 Å². The number of amides is 2. The summed E-state index contributed by atoms with van der Waals surface area (Å²) >= 11 is 0. The monoisotopic (exact) mass is 440 g/mol. The molecule has 0 saturated heterocycles. The number of hydrogen-bond acceptors (Lipinski definition) is 4. The first-order chi connectivity index (χ1) is 15.5. The maximum absolute atomic E-state index is 13.2. The van der Waals surface area contributed by atoms with Crippen LogP contribution >= 0.6 is 0 Å². The van der Waals surface area contributed by atoms with Gasteiger partial charge >= 0.3 is 0 Å².